The molecule has 1 heterocycles. The first-order valence-electron chi connectivity index (χ1n) is 10.3. The highest BCUT2D eigenvalue weighted by Gasteiger charge is 2.20. The Kier molecular flexibility index (Phi) is 8.90. The molecule has 0 bridgehead atoms. The molecular formula is C27H31N3S. The smallest absolute Gasteiger partial charge is 0.0944 e. The summed E-state index contributed by atoms with van der Waals surface area (Å²) in [6.07, 6.45) is 4.50. The van der Waals surface area contributed by atoms with E-state index in [9.17, 15) is 0 Å². The van der Waals surface area contributed by atoms with E-state index in [0.717, 1.165) is 33.1 Å². The minimum absolute atomic E-state index is 0.161. The van der Waals surface area contributed by atoms with Crippen molar-refractivity contribution in [2.45, 2.75) is 54.0 Å². The Morgan fingerprint density at radius 3 is 2.29 bits per heavy atom. The van der Waals surface area contributed by atoms with Gasteiger partial charge in [-0.2, -0.15) is 10.2 Å². The molecule has 1 unspecified atom stereocenters. The van der Waals surface area contributed by atoms with Crippen LogP contribution in [-0.2, 0) is 0 Å². The van der Waals surface area contributed by atoms with Crippen LogP contribution < -0.4 is 0 Å². The first-order valence-corrected chi connectivity index (χ1v) is 11.1. The van der Waals surface area contributed by atoms with Crippen LogP contribution in [0.1, 0.15) is 59.2 Å². The zero-order valence-electron chi connectivity index (χ0n) is 19.4. The molecule has 0 N–H and O–H groups in total. The molecule has 1 aromatic carbocycles. The predicted molar refractivity (Wildman–Crippen MR) is 138 cm³/mol. The maximum absolute atomic E-state index is 5.23. The summed E-state index contributed by atoms with van der Waals surface area (Å²) in [7, 11) is 0. The minimum Gasteiger partial charge on any atom is -0.274 e. The number of aliphatic imine (C=N–C) groups is 1. The van der Waals surface area contributed by atoms with Crippen LogP contribution >= 0.6 is 11.3 Å². The quantitative estimate of drug-likeness (QED) is 0.240. The van der Waals surface area contributed by atoms with Crippen LogP contribution in [0.15, 0.2) is 70.2 Å². The molecule has 2 rings (SSSR count). The second kappa shape index (κ2) is 11.4. The number of nitrogens with zero attached hydrogens (tertiary/aromatic N) is 3. The van der Waals surface area contributed by atoms with Crippen molar-refractivity contribution < 1.29 is 0 Å². The molecule has 0 fully saturated rings. The Hall–Kier alpha value is -3.03. The van der Waals surface area contributed by atoms with Crippen molar-refractivity contribution >= 4 is 34.5 Å². The third kappa shape index (κ3) is 6.47. The third-order valence-corrected chi connectivity index (χ3v) is 5.97. The van der Waals surface area contributed by atoms with Gasteiger partial charge >= 0.3 is 0 Å². The first kappa shape index (κ1) is 24.2. The van der Waals surface area contributed by atoms with Gasteiger partial charge in [0.25, 0.3) is 0 Å². The van der Waals surface area contributed by atoms with Gasteiger partial charge in [0.15, 0.2) is 0 Å². The summed E-state index contributed by atoms with van der Waals surface area (Å²) in [5.74, 6) is 0. The molecule has 1 aromatic heterocycles. The Bertz CT molecular complexity index is 1110. The SMILES string of the molecule is C=C=CCC(N=C(c1ccc(C)cc1)c1c(C)sc(C=C=C)c1C)/C(C)=N/N=C(C)C. The van der Waals surface area contributed by atoms with Crippen molar-refractivity contribution in [1.82, 2.24) is 0 Å². The van der Waals surface area contributed by atoms with Crippen molar-refractivity contribution in [2.75, 3.05) is 0 Å². The fraction of sp³-hybridized carbons (Fsp3) is 0.296. The average Bonchev–Trinajstić information content (AvgIpc) is 3.01. The number of rotatable bonds is 8. The number of thiophene rings is 1. The first-order chi connectivity index (χ1) is 14.8. The van der Waals surface area contributed by atoms with E-state index in [-0.39, 0.29) is 6.04 Å². The zero-order valence-corrected chi connectivity index (χ0v) is 20.2. The second-order valence-electron chi connectivity index (χ2n) is 7.66. The summed E-state index contributed by atoms with van der Waals surface area (Å²) in [6, 6.07) is 8.35. The molecule has 160 valence electrons. The number of hydrogen-bond acceptors (Lipinski definition) is 4. The highest BCUT2D eigenvalue weighted by atomic mass is 32.1. The van der Waals surface area contributed by atoms with Gasteiger partial charge < -0.3 is 0 Å². The standard InChI is InChI=1S/C27H31N3S/c1-9-11-13-24(21(7)30-29-18(3)4)28-27(23-16-14-19(5)15-17-23)26-20(6)25(12-10-2)31-22(26)8/h11-12,14-17,24H,1-2,13H2,3-8H3/b28-27?,30-21+. The van der Waals surface area contributed by atoms with Gasteiger partial charge in [0.1, 0.15) is 0 Å². The van der Waals surface area contributed by atoms with E-state index in [1.165, 1.54) is 16.0 Å². The molecule has 1 atom stereocenters. The number of benzene rings is 1. The molecule has 31 heavy (non-hydrogen) atoms. The van der Waals surface area contributed by atoms with E-state index in [1.54, 1.807) is 11.3 Å². The topological polar surface area (TPSA) is 37.1 Å². The highest BCUT2D eigenvalue weighted by molar-refractivity contribution is 7.13. The van der Waals surface area contributed by atoms with E-state index in [0.29, 0.717) is 6.42 Å². The summed E-state index contributed by atoms with van der Waals surface area (Å²) in [5, 5.41) is 8.67. The van der Waals surface area contributed by atoms with Crippen LogP contribution in [0.3, 0.4) is 0 Å². The summed E-state index contributed by atoms with van der Waals surface area (Å²) < 4.78 is 0. The molecule has 0 saturated heterocycles. The van der Waals surface area contributed by atoms with Crippen LogP contribution in [0.25, 0.3) is 6.08 Å². The molecule has 3 nitrogen and oxygen atoms in total. The van der Waals surface area contributed by atoms with Crippen molar-refractivity contribution in [3.05, 3.63) is 87.0 Å². The summed E-state index contributed by atoms with van der Waals surface area (Å²) in [4.78, 5) is 7.60. The monoisotopic (exact) mass is 429 g/mol. The predicted octanol–water partition coefficient (Wildman–Crippen LogP) is 7.27. The van der Waals surface area contributed by atoms with Gasteiger partial charge in [-0.1, -0.05) is 43.0 Å². The molecular weight excluding hydrogens is 398 g/mol. The molecule has 0 radical (unpaired) electrons. The van der Waals surface area contributed by atoms with Crippen molar-refractivity contribution in [3.8, 4) is 0 Å². The van der Waals surface area contributed by atoms with Gasteiger partial charge in [-0.05, 0) is 59.3 Å². The molecule has 0 aliphatic rings. The van der Waals surface area contributed by atoms with Gasteiger partial charge in [-0.3, -0.25) is 4.99 Å². The molecule has 4 heteroatoms. The Labute approximate surface area is 190 Å². The van der Waals surface area contributed by atoms with Crippen molar-refractivity contribution in [1.29, 1.82) is 0 Å². The molecule has 0 saturated carbocycles. The lowest BCUT2D eigenvalue weighted by molar-refractivity contribution is 0.866. The molecule has 0 aliphatic carbocycles. The zero-order chi connectivity index (χ0) is 23.0. The van der Waals surface area contributed by atoms with Gasteiger partial charge in [0, 0.05) is 33.0 Å². The molecule has 2 aromatic rings. The van der Waals surface area contributed by atoms with E-state index in [4.69, 9.17) is 4.99 Å². The third-order valence-electron chi connectivity index (χ3n) is 4.82. The van der Waals surface area contributed by atoms with Crippen LogP contribution in [-0.4, -0.2) is 23.2 Å². The van der Waals surface area contributed by atoms with E-state index in [2.05, 4.69) is 79.9 Å². The van der Waals surface area contributed by atoms with E-state index < -0.39 is 0 Å². The molecule has 0 spiro atoms. The van der Waals surface area contributed by atoms with Crippen molar-refractivity contribution in [2.24, 2.45) is 15.2 Å². The fourth-order valence-electron chi connectivity index (χ4n) is 3.16. The normalized spacial score (nSPS) is 12.6. The van der Waals surface area contributed by atoms with Crippen LogP contribution in [0, 0.1) is 20.8 Å². The lowest BCUT2D eigenvalue weighted by Gasteiger charge is -2.15. The van der Waals surface area contributed by atoms with Gasteiger partial charge in [0.2, 0.25) is 0 Å². The van der Waals surface area contributed by atoms with E-state index in [1.807, 2.05) is 32.9 Å². The largest absolute Gasteiger partial charge is 0.274 e. The fourth-order valence-corrected chi connectivity index (χ4v) is 4.24. The van der Waals surface area contributed by atoms with Gasteiger partial charge in [0.05, 0.1) is 17.5 Å². The summed E-state index contributed by atoms with van der Waals surface area (Å²) >= 11 is 1.74. The van der Waals surface area contributed by atoms with Crippen molar-refractivity contribution in [3.63, 3.8) is 0 Å². The summed E-state index contributed by atoms with van der Waals surface area (Å²) in [6.45, 7) is 19.7. The van der Waals surface area contributed by atoms with Crippen LogP contribution in [0.2, 0.25) is 0 Å². The summed E-state index contributed by atoms with van der Waals surface area (Å²) in [5.41, 5.74) is 13.1. The van der Waals surface area contributed by atoms with Gasteiger partial charge in [-0.25, -0.2) is 0 Å². The lowest BCUT2D eigenvalue weighted by Crippen LogP contribution is -2.19. The maximum atomic E-state index is 5.23. The second-order valence-corrected chi connectivity index (χ2v) is 8.92. The highest BCUT2D eigenvalue weighted by Crippen LogP contribution is 2.31. The number of aryl methyl sites for hydroxylation is 2. The van der Waals surface area contributed by atoms with E-state index >= 15 is 0 Å². The molecule has 0 aliphatic heterocycles. The van der Waals surface area contributed by atoms with Gasteiger partial charge in [-0.15, -0.1) is 22.8 Å². The number of hydrogen-bond donors (Lipinski definition) is 0. The average molecular weight is 430 g/mol. The molecule has 0 amide bonds. The maximum Gasteiger partial charge on any atom is 0.0944 e. The Balaban J connectivity index is 2.76. The lowest BCUT2D eigenvalue weighted by atomic mass is 9.97. The Morgan fingerprint density at radius 1 is 1.03 bits per heavy atom. The Morgan fingerprint density at radius 2 is 1.71 bits per heavy atom. The van der Waals surface area contributed by atoms with Crippen LogP contribution in [0.5, 0.6) is 0 Å². The minimum atomic E-state index is -0.161. The van der Waals surface area contributed by atoms with Crippen LogP contribution in [0.4, 0.5) is 0 Å².